The van der Waals surface area contributed by atoms with E-state index in [1.54, 1.807) is 0 Å². The second-order valence-corrected chi connectivity index (χ2v) is 6.25. The normalized spacial score (nSPS) is 11.4. The van der Waals surface area contributed by atoms with Gasteiger partial charge in [0.15, 0.2) is 5.82 Å². The molecule has 0 aromatic carbocycles. The monoisotopic (exact) mass is 303 g/mol. The first-order chi connectivity index (χ1) is 10.3. The summed E-state index contributed by atoms with van der Waals surface area (Å²) in [5.74, 6) is 1.43. The average Bonchev–Trinajstić information content (AvgIpc) is 3.05. The summed E-state index contributed by atoms with van der Waals surface area (Å²) in [7, 11) is 1.91. The van der Waals surface area contributed by atoms with Gasteiger partial charge in [0.05, 0.1) is 5.69 Å². The smallest absolute Gasteiger partial charge is 0.265 e. The van der Waals surface area contributed by atoms with Gasteiger partial charge in [-0.25, -0.2) is 0 Å². The molecule has 0 bridgehead atoms. The number of aromatic nitrogens is 4. The van der Waals surface area contributed by atoms with Crippen LogP contribution >= 0.6 is 0 Å². The maximum absolute atomic E-state index is 9.02. The van der Waals surface area contributed by atoms with Crippen LogP contribution in [0.15, 0.2) is 4.52 Å². The van der Waals surface area contributed by atoms with Crippen molar-refractivity contribution in [1.29, 1.82) is 5.26 Å². The molecule has 0 amide bonds. The van der Waals surface area contributed by atoms with Crippen LogP contribution in [-0.4, -0.2) is 33.9 Å². The maximum atomic E-state index is 9.02. The van der Waals surface area contributed by atoms with Crippen molar-refractivity contribution in [1.82, 2.24) is 20.3 Å². The Morgan fingerprint density at radius 2 is 2.14 bits per heavy atom. The van der Waals surface area contributed by atoms with E-state index < -0.39 is 0 Å². The van der Waals surface area contributed by atoms with Crippen LogP contribution in [0.1, 0.15) is 44.3 Å². The summed E-state index contributed by atoms with van der Waals surface area (Å²) in [4.78, 5) is 6.32. The van der Waals surface area contributed by atoms with Gasteiger partial charge in [-0.1, -0.05) is 20.8 Å². The third kappa shape index (κ3) is 3.36. The molecule has 8 nitrogen and oxygen atoms in total. The minimum atomic E-state index is -0.165. The zero-order valence-electron chi connectivity index (χ0n) is 13.3. The number of nitrogens with one attached hydrogen (secondary N) is 1. The number of rotatable bonds is 5. The molecule has 0 fully saturated rings. The van der Waals surface area contributed by atoms with Gasteiger partial charge in [0.1, 0.15) is 11.6 Å². The first-order valence-electron chi connectivity index (χ1n) is 7.11. The molecule has 2 rings (SSSR count). The molecular formula is C14H21N7O. The molecule has 0 radical (unpaired) electrons. The molecule has 2 aromatic heterocycles. The van der Waals surface area contributed by atoms with E-state index in [0.29, 0.717) is 23.8 Å². The fourth-order valence-corrected chi connectivity index (χ4v) is 1.97. The van der Waals surface area contributed by atoms with E-state index >= 15 is 0 Å². The van der Waals surface area contributed by atoms with E-state index in [1.165, 1.54) is 0 Å². The van der Waals surface area contributed by atoms with E-state index in [4.69, 9.17) is 15.5 Å². The van der Waals surface area contributed by atoms with E-state index in [9.17, 15) is 0 Å². The predicted molar refractivity (Wildman–Crippen MR) is 82.3 cm³/mol. The van der Waals surface area contributed by atoms with Crippen LogP contribution in [0.2, 0.25) is 0 Å². The van der Waals surface area contributed by atoms with E-state index in [0.717, 1.165) is 18.7 Å². The Morgan fingerprint density at radius 1 is 1.41 bits per heavy atom. The summed E-state index contributed by atoms with van der Waals surface area (Å²) >= 11 is 0. The number of aryl methyl sites for hydroxylation is 1. The third-order valence-corrected chi connectivity index (χ3v) is 3.30. The van der Waals surface area contributed by atoms with E-state index in [-0.39, 0.29) is 11.2 Å². The molecule has 8 heteroatoms. The highest BCUT2D eigenvalue weighted by Gasteiger charge is 2.22. The van der Waals surface area contributed by atoms with Crippen LogP contribution in [-0.2, 0) is 11.8 Å². The van der Waals surface area contributed by atoms with Gasteiger partial charge >= 0.3 is 0 Å². The molecule has 0 aliphatic carbocycles. The molecule has 22 heavy (non-hydrogen) atoms. The SMILES string of the molecule is CN(CCCc1[nH]nc(N)c1C#N)c1noc(C(C)(C)C)n1. The van der Waals surface area contributed by atoms with Crippen LogP contribution < -0.4 is 10.6 Å². The molecule has 0 spiro atoms. The van der Waals surface area contributed by atoms with Crippen LogP contribution in [0.25, 0.3) is 0 Å². The molecule has 2 aromatic rings. The lowest BCUT2D eigenvalue weighted by Gasteiger charge is -2.14. The van der Waals surface area contributed by atoms with E-state index in [1.807, 2.05) is 32.7 Å². The Bertz CT molecular complexity index is 674. The average molecular weight is 303 g/mol. The van der Waals surface area contributed by atoms with E-state index in [2.05, 4.69) is 26.4 Å². The van der Waals surface area contributed by atoms with Crippen molar-refractivity contribution < 1.29 is 4.52 Å². The molecule has 118 valence electrons. The Morgan fingerprint density at radius 3 is 2.73 bits per heavy atom. The lowest BCUT2D eigenvalue weighted by atomic mass is 9.97. The Balaban J connectivity index is 1.92. The van der Waals surface area contributed by atoms with Crippen molar-refractivity contribution >= 4 is 11.8 Å². The van der Waals surface area contributed by atoms with Crippen molar-refractivity contribution in [3.8, 4) is 6.07 Å². The molecule has 0 aliphatic rings. The van der Waals surface area contributed by atoms with Crippen molar-refractivity contribution in [2.24, 2.45) is 0 Å². The lowest BCUT2D eigenvalue weighted by molar-refractivity contribution is 0.320. The number of aromatic amines is 1. The summed E-state index contributed by atoms with van der Waals surface area (Å²) in [6.45, 7) is 6.80. The molecule has 0 aliphatic heterocycles. The van der Waals surface area contributed by atoms with Gasteiger partial charge in [-0.3, -0.25) is 5.10 Å². The van der Waals surface area contributed by atoms with Gasteiger partial charge in [-0.15, -0.1) is 0 Å². The van der Waals surface area contributed by atoms with Crippen LogP contribution in [0.4, 0.5) is 11.8 Å². The number of nitrogen functional groups attached to an aromatic ring is 1. The largest absolute Gasteiger partial charge is 0.381 e. The summed E-state index contributed by atoms with van der Waals surface area (Å²) in [6, 6.07) is 2.06. The number of nitriles is 1. The minimum Gasteiger partial charge on any atom is -0.381 e. The summed E-state index contributed by atoms with van der Waals surface area (Å²) in [5.41, 5.74) is 6.63. The summed E-state index contributed by atoms with van der Waals surface area (Å²) in [5, 5.41) is 19.7. The Labute approximate surface area is 129 Å². The number of anilines is 2. The predicted octanol–water partition coefficient (Wildman–Crippen LogP) is 1.61. The molecule has 0 saturated heterocycles. The number of nitrogens with two attached hydrogens (primary N) is 1. The van der Waals surface area contributed by atoms with Gasteiger partial charge < -0.3 is 15.2 Å². The first-order valence-corrected chi connectivity index (χ1v) is 7.11. The third-order valence-electron chi connectivity index (χ3n) is 3.30. The molecule has 2 heterocycles. The molecule has 0 saturated carbocycles. The van der Waals surface area contributed by atoms with Crippen LogP contribution in [0.5, 0.6) is 0 Å². The van der Waals surface area contributed by atoms with Gasteiger partial charge in [0.25, 0.3) is 5.95 Å². The van der Waals surface area contributed by atoms with Gasteiger partial charge in [0, 0.05) is 19.0 Å². The highest BCUT2D eigenvalue weighted by atomic mass is 16.5. The number of H-pyrrole nitrogens is 1. The first kappa shape index (κ1) is 15.8. The Kier molecular flexibility index (Phi) is 4.35. The van der Waals surface area contributed by atoms with Crippen LogP contribution in [0.3, 0.4) is 0 Å². The number of hydrogen-bond donors (Lipinski definition) is 2. The van der Waals surface area contributed by atoms with Crippen LogP contribution in [0, 0.1) is 11.3 Å². The van der Waals surface area contributed by atoms with Gasteiger partial charge in [0.2, 0.25) is 5.89 Å². The quantitative estimate of drug-likeness (QED) is 0.860. The van der Waals surface area contributed by atoms with Crippen molar-refractivity contribution in [3.63, 3.8) is 0 Å². The standard InChI is InChI=1S/C14H21N7O/c1-14(2,3)12-17-13(20-22-12)21(4)7-5-6-10-9(8-15)11(16)19-18-10/h5-7H2,1-4H3,(H3,16,18,19). The highest BCUT2D eigenvalue weighted by Crippen LogP contribution is 2.22. The fraction of sp³-hybridized carbons (Fsp3) is 0.571. The van der Waals surface area contributed by atoms with Gasteiger partial charge in [-0.05, 0) is 18.0 Å². The molecule has 0 unspecified atom stereocenters. The topological polar surface area (TPSA) is 121 Å². The van der Waals surface area contributed by atoms with Gasteiger partial charge in [-0.2, -0.15) is 15.3 Å². The number of hydrogen-bond acceptors (Lipinski definition) is 7. The summed E-state index contributed by atoms with van der Waals surface area (Å²) in [6.07, 6.45) is 1.49. The zero-order chi connectivity index (χ0) is 16.3. The fourth-order valence-electron chi connectivity index (χ4n) is 1.97. The summed E-state index contributed by atoms with van der Waals surface area (Å²) < 4.78 is 5.28. The molecule has 0 atom stereocenters. The minimum absolute atomic E-state index is 0.165. The van der Waals surface area contributed by atoms with Crippen molar-refractivity contribution in [2.45, 2.75) is 39.0 Å². The second kappa shape index (κ2) is 6.05. The lowest BCUT2D eigenvalue weighted by Crippen LogP contribution is -2.21. The highest BCUT2D eigenvalue weighted by molar-refractivity contribution is 5.50. The maximum Gasteiger partial charge on any atom is 0.265 e. The van der Waals surface area contributed by atoms with Crippen molar-refractivity contribution in [3.05, 3.63) is 17.1 Å². The van der Waals surface area contributed by atoms with Crippen molar-refractivity contribution in [2.75, 3.05) is 24.2 Å². The number of nitrogens with zero attached hydrogens (tertiary/aromatic N) is 5. The Hall–Kier alpha value is -2.56. The molecular weight excluding hydrogens is 282 g/mol. The second-order valence-electron chi connectivity index (χ2n) is 6.25. The molecule has 3 N–H and O–H groups in total. The zero-order valence-corrected chi connectivity index (χ0v) is 13.3.